The molecular formula is C14H25N3O. The summed E-state index contributed by atoms with van der Waals surface area (Å²) >= 11 is 0. The van der Waals surface area contributed by atoms with E-state index in [-0.39, 0.29) is 0 Å². The molecule has 1 N–H and O–H groups in total. The Kier molecular flexibility index (Phi) is 5.20. The molecule has 4 nitrogen and oxygen atoms in total. The second-order valence-electron chi connectivity index (χ2n) is 5.59. The van der Waals surface area contributed by atoms with E-state index >= 15 is 0 Å². The molecule has 18 heavy (non-hydrogen) atoms. The van der Waals surface area contributed by atoms with Gasteiger partial charge in [0.05, 0.1) is 19.3 Å². The molecule has 0 amide bonds. The highest BCUT2D eigenvalue weighted by Gasteiger charge is 2.20. The molecule has 1 saturated heterocycles. The topological polar surface area (TPSA) is 41.2 Å². The van der Waals surface area contributed by atoms with Crippen LogP contribution in [-0.2, 0) is 11.3 Å². The summed E-state index contributed by atoms with van der Waals surface area (Å²) in [5.41, 5.74) is 0. The Morgan fingerprint density at radius 2 is 2.44 bits per heavy atom. The smallest absolute Gasteiger partial charge is 0.120 e. The molecule has 0 radical (unpaired) electrons. The van der Waals surface area contributed by atoms with Gasteiger partial charge in [0, 0.05) is 25.5 Å². The van der Waals surface area contributed by atoms with Crippen LogP contribution in [0.1, 0.15) is 38.9 Å². The van der Waals surface area contributed by atoms with Crippen LogP contribution in [-0.4, -0.2) is 40.7 Å². The lowest BCUT2D eigenvalue weighted by Gasteiger charge is -2.32. The average molecular weight is 251 g/mol. The van der Waals surface area contributed by atoms with Crippen LogP contribution in [0.5, 0.6) is 0 Å². The summed E-state index contributed by atoms with van der Waals surface area (Å²) in [7, 11) is 0. The van der Waals surface area contributed by atoms with Crippen LogP contribution in [0.15, 0.2) is 12.4 Å². The Hall–Kier alpha value is -0.870. The third-order valence-electron chi connectivity index (χ3n) is 3.46. The number of hydrogen-bond acceptors (Lipinski definition) is 3. The Labute approximate surface area is 110 Å². The first-order valence-electron chi connectivity index (χ1n) is 7.06. The standard InChI is InChI=1S/C14H25N3O/c1-12(2)4-3-5-13-10-17(8-9-18-13)11-14-15-6-7-16-14/h6-7,12-13H,3-5,8-11H2,1-2H3,(H,15,16). The van der Waals surface area contributed by atoms with Gasteiger partial charge in [0.1, 0.15) is 5.82 Å². The number of nitrogens with zero attached hydrogens (tertiary/aromatic N) is 2. The quantitative estimate of drug-likeness (QED) is 0.844. The lowest BCUT2D eigenvalue weighted by Crippen LogP contribution is -2.42. The molecule has 1 unspecified atom stereocenters. The van der Waals surface area contributed by atoms with Gasteiger partial charge in [-0.2, -0.15) is 0 Å². The Balaban J connectivity index is 1.71. The summed E-state index contributed by atoms with van der Waals surface area (Å²) in [5, 5.41) is 0. The fraction of sp³-hybridized carbons (Fsp3) is 0.786. The Morgan fingerprint density at radius 3 is 3.17 bits per heavy atom. The molecular weight excluding hydrogens is 226 g/mol. The van der Waals surface area contributed by atoms with Crippen molar-refractivity contribution in [1.82, 2.24) is 14.9 Å². The van der Waals surface area contributed by atoms with Crippen LogP contribution in [0, 0.1) is 5.92 Å². The Bertz CT molecular complexity index is 324. The van der Waals surface area contributed by atoms with Crippen molar-refractivity contribution in [3.8, 4) is 0 Å². The minimum absolute atomic E-state index is 0.410. The molecule has 1 aliphatic heterocycles. The molecule has 1 atom stereocenters. The van der Waals surface area contributed by atoms with Gasteiger partial charge in [-0.1, -0.05) is 26.7 Å². The molecule has 102 valence electrons. The van der Waals surface area contributed by atoms with Crippen molar-refractivity contribution in [2.24, 2.45) is 5.92 Å². The van der Waals surface area contributed by atoms with E-state index in [1.165, 1.54) is 19.3 Å². The van der Waals surface area contributed by atoms with Gasteiger partial charge in [0.25, 0.3) is 0 Å². The van der Waals surface area contributed by atoms with Crippen LogP contribution < -0.4 is 0 Å². The SMILES string of the molecule is CC(C)CCCC1CN(Cc2ncc[nH]2)CCO1. The van der Waals surface area contributed by atoms with Gasteiger partial charge in [0.2, 0.25) is 0 Å². The van der Waals surface area contributed by atoms with E-state index in [9.17, 15) is 0 Å². The number of nitrogens with one attached hydrogen (secondary N) is 1. The van der Waals surface area contributed by atoms with E-state index in [1.807, 2.05) is 12.4 Å². The maximum atomic E-state index is 5.84. The molecule has 0 saturated carbocycles. The Morgan fingerprint density at radius 1 is 1.56 bits per heavy atom. The third kappa shape index (κ3) is 4.42. The average Bonchev–Trinajstić information content (AvgIpc) is 2.82. The van der Waals surface area contributed by atoms with Crippen molar-refractivity contribution >= 4 is 0 Å². The highest BCUT2D eigenvalue weighted by Crippen LogP contribution is 2.15. The summed E-state index contributed by atoms with van der Waals surface area (Å²) in [6.07, 6.45) is 7.88. The van der Waals surface area contributed by atoms with Gasteiger partial charge in [-0.25, -0.2) is 4.98 Å². The third-order valence-corrected chi connectivity index (χ3v) is 3.46. The first-order valence-corrected chi connectivity index (χ1v) is 7.06. The molecule has 0 spiro atoms. The fourth-order valence-electron chi connectivity index (χ4n) is 2.45. The summed E-state index contributed by atoms with van der Waals surface area (Å²) < 4.78 is 5.84. The number of morpholine rings is 1. The zero-order valence-electron chi connectivity index (χ0n) is 11.6. The van der Waals surface area contributed by atoms with Crippen molar-refractivity contribution in [2.75, 3.05) is 19.7 Å². The second-order valence-corrected chi connectivity index (χ2v) is 5.59. The van der Waals surface area contributed by atoms with Crippen LogP contribution in [0.25, 0.3) is 0 Å². The number of ether oxygens (including phenoxy) is 1. The molecule has 1 fully saturated rings. The van der Waals surface area contributed by atoms with E-state index in [0.29, 0.717) is 6.10 Å². The molecule has 2 rings (SSSR count). The van der Waals surface area contributed by atoms with E-state index in [0.717, 1.165) is 38.0 Å². The van der Waals surface area contributed by atoms with E-state index < -0.39 is 0 Å². The van der Waals surface area contributed by atoms with Crippen molar-refractivity contribution in [3.63, 3.8) is 0 Å². The van der Waals surface area contributed by atoms with Gasteiger partial charge >= 0.3 is 0 Å². The molecule has 1 aromatic rings. The van der Waals surface area contributed by atoms with Crippen molar-refractivity contribution in [1.29, 1.82) is 0 Å². The summed E-state index contributed by atoms with van der Waals surface area (Å²) in [6, 6.07) is 0. The number of aromatic amines is 1. The van der Waals surface area contributed by atoms with Crippen LogP contribution >= 0.6 is 0 Å². The predicted octanol–water partition coefficient (Wildman–Crippen LogP) is 2.44. The molecule has 0 aromatic carbocycles. The maximum absolute atomic E-state index is 5.84. The minimum atomic E-state index is 0.410. The fourth-order valence-corrected chi connectivity index (χ4v) is 2.45. The number of imidazole rings is 1. The van der Waals surface area contributed by atoms with Gasteiger partial charge in [-0.15, -0.1) is 0 Å². The molecule has 0 aliphatic carbocycles. The first-order chi connectivity index (χ1) is 8.74. The molecule has 4 heteroatoms. The van der Waals surface area contributed by atoms with Crippen molar-refractivity contribution in [3.05, 3.63) is 18.2 Å². The van der Waals surface area contributed by atoms with E-state index in [2.05, 4.69) is 28.7 Å². The molecule has 2 heterocycles. The van der Waals surface area contributed by atoms with Gasteiger partial charge in [-0.3, -0.25) is 4.90 Å². The zero-order chi connectivity index (χ0) is 12.8. The lowest BCUT2D eigenvalue weighted by molar-refractivity contribution is -0.0366. The largest absolute Gasteiger partial charge is 0.376 e. The van der Waals surface area contributed by atoms with Crippen LogP contribution in [0.3, 0.4) is 0 Å². The van der Waals surface area contributed by atoms with E-state index in [4.69, 9.17) is 4.74 Å². The van der Waals surface area contributed by atoms with Crippen LogP contribution in [0.4, 0.5) is 0 Å². The van der Waals surface area contributed by atoms with Gasteiger partial charge < -0.3 is 9.72 Å². The van der Waals surface area contributed by atoms with Crippen molar-refractivity contribution in [2.45, 2.75) is 45.8 Å². The summed E-state index contributed by atoms with van der Waals surface area (Å²) in [5.74, 6) is 1.85. The van der Waals surface area contributed by atoms with Gasteiger partial charge in [0.15, 0.2) is 0 Å². The van der Waals surface area contributed by atoms with Crippen LogP contribution in [0.2, 0.25) is 0 Å². The maximum Gasteiger partial charge on any atom is 0.120 e. The number of H-pyrrole nitrogens is 1. The molecule has 1 aromatic heterocycles. The van der Waals surface area contributed by atoms with Gasteiger partial charge in [-0.05, 0) is 12.3 Å². The molecule has 0 bridgehead atoms. The summed E-state index contributed by atoms with van der Waals surface area (Å²) in [6.45, 7) is 8.39. The lowest BCUT2D eigenvalue weighted by atomic mass is 10.0. The number of hydrogen-bond donors (Lipinski definition) is 1. The van der Waals surface area contributed by atoms with E-state index in [1.54, 1.807) is 0 Å². The number of aromatic nitrogens is 2. The molecule has 1 aliphatic rings. The number of rotatable bonds is 6. The highest BCUT2D eigenvalue weighted by molar-refractivity contribution is 4.88. The zero-order valence-corrected chi connectivity index (χ0v) is 11.6. The normalized spacial score (nSPS) is 21.6. The minimum Gasteiger partial charge on any atom is -0.376 e. The predicted molar refractivity (Wildman–Crippen MR) is 72.3 cm³/mol. The first kappa shape index (κ1) is 13.6. The monoisotopic (exact) mass is 251 g/mol. The second kappa shape index (κ2) is 6.90. The van der Waals surface area contributed by atoms with Crippen molar-refractivity contribution < 1.29 is 4.74 Å². The summed E-state index contributed by atoms with van der Waals surface area (Å²) in [4.78, 5) is 9.88. The highest BCUT2D eigenvalue weighted by atomic mass is 16.5.